The number of anilines is 1. The average molecular weight is 356 g/mol. The fraction of sp³-hybridized carbons (Fsp3) is 0.0588. The molecule has 3 rings (SSSR count). The first-order valence-corrected chi connectivity index (χ1v) is 8.26. The van der Waals surface area contributed by atoms with E-state index in [9.17, 15) is 9.59 Å². The predicted molar refractivity (Wildman–Crippen MR) is 97.7 cm³/mol. The summed E-state index contributed by atoms with van der Waals surface area (Å²) in [5.74, 6) is -1.09. The van der Waals surface area contributed by atoms with Crippen LogP contribution in [0.4, 0.5) is 5.69 Å². The number of pyridine rings is 1. The molecule has 5 nitrogen and oxygen atoms in total. The van der Waals surface area contributed by atoms with Crippen LogP contribution >= 0.6 is 24.0 Å². The van der Waals surface area contributed by atoms with Gasteiger partial charge in [-0.05, 0) is 35.4 Å². The number of rotatable bonds is 4. The zero-order valence-electron chi connectivity index (χ0n) is 12.4. The van der Waals surface area contributed by atoms with Crippen LogP contribution in [0.15, 0.2) is 53.7 Å². The Balaban J connectivity index is 1.84. The average Bonchev–Trinajstić information content (AvgIpc) is 2.83. The van der Waals surface area contributed by atoms with Crippen molar-refractivity contribution in [1.29, 1.82) is 0 Å². The first kappa shape index (κ1) is 16.4. The Kier molecular flexibility index (Phi) is 4.73. The fourth-order valence-corrected chi connectivity index (χ4v) is 3.54. The molecular formula is C17H12N2O3S2. The van der Waals surface area contributed by atoms with E-state index in [4.69, 9.17) is 17.3 Å². The van der Waals surface area contributed by atoms with Gasteiger partial charge in [0.1, 0.15) is 0 Å². The summed E-state index contributed by atoms with van der Waals surface area (Å²) in [5.41, 5.74) is 2.12. The Morgan fingerprint density at radius 2 is 2.04 bits per heavy atom. The minimum atomic E-state index is -0.896. The van der Waals surface area contributed by atoms with Crippen molar-refractivity contribution < 1.29 is 14.7 Å². The summed E-state index contributed by atoms with van der Waals surface area (Å²) in [6.07, 6.45) is 5.04. The third-order valence-corrected chi connectivity index (χ3v) is 4.63. The van der Waals surface area contributed by atoms with Crippen molar-refractivity contribution in [2.45, 2.75) is 6.42 Å². The van der Waals surface area contributed by atoms with Gasteiger partial charge in [0.05, 0.1) is 17.0 Å². The van der Waals surface area contributed by atoms with Gasteiger partial charge >= 0.3 is 5.97 Å². The Hall–Kier alpha value is -2.51. The maximum atomic E-state index is 12.6. The lowest BCUT2D eigenvalue weighted by Gasteiger charge is -2.14. The Labute approximate surface area is 148 Å². The monoisotopic (exact) mass is 356 g/mol. The van der Waals surface area contributed by atoms with E-state index >= 15 is 0 Å². The van der Waals surface area contributed by atoms with Crippen LogP contribution in [0.5, 0.6) is 0 Å². The summed E-state index contributed by atoms with van der Waals surface area (Å²) in [5, 5.41) is 8.81. The van der Waals surface area contributed by atoms with Crippen molar-refractivity contribution in [3.8, 4) is 0 Å². The Morgan fingerprint density at radius 1 is 1.29 bits per heavy atom. The SMILES string of the molecule is O=C(O)Cc1ccc(N2C(=O)/C(=C/c3cccnc3)SC2=S)cc1. The zero-order valence-corrected chi connectivity index (χ0v) is 14.0. The van der Waals surface area contributed by atoms with Gasteiger partial charge < -0.3 is 5.11 Å². The summed E-state index contributed by atoms with van der Waals surface area (Å²) >= 11 is 6.55. The lowest BCUT2D eigenvalue weighted by Crippen LogP contribution is -2.27. The van der Waals surface area contributed by atoms with E-state index in [0.717, 1.165) is 5.56 Å². The number of carbonyl (C=O) groups excluding carboxylic acids is 1. The second-order valence-electron chi connectivity index (χ2n) is 5.04. The van der Waals surface area contributed by atoms with E-state index in [-0.39, 0.29) is 12.3 Å². The molecule has 0 spiro atoms. The molecule has 1 aromatic carbocycles. The molecule has 0 unspecified atom stereocenters. The van der Waals surface area contributed by atoms with Crippen LogP contribution in [0.1, 0.15) is 11.1 Å². The predicted octanol–water partition coefficient (Wildman–Crippen LogP) is 3.11. The molecule has 120 valence electrons. The van der Waals surface area contributed by atoms with Crippen molar-refractivity contribution in [1.82, 2.24) is 4.98 Å². The minimum absolute atomic E-state index is 0.0560. The minimum Gasteiger partial charge on any atom is -0.481 e. The van der Waals surface area contributed by atoms with Crippen molar-refractivity contribution >= 4 is 51.9 Å². The number of nitrogens with zero attached hydrogens (tertiary/aromatic N) is 2. The molecule has 0 radical (unpaired) electrons. The summed E-state index contributed by atoms with van der Waals surface area (Å²) in [6.45, 7) is 0. The molecule has 1 aromatic heterocycles. The number of amides is 1. The van der Waals surface area contributed by atoms with E-state index in [2.05, 4.69) is 4.98 Å². The van der Waals surface area contributed by atoms with Gasteiger partial charge in [-0.25, -0.2) is 0 Å². The third-order valence-electron chi connectivity index (χ3n) is 3.33. The topological polar surface area (TPSA) is 70.5 Å². The van der Waals surface area contributed by atoms with E-state index in [1.165, 1.54) is 16.7 Å². The maximum absolute atomic E-state index is 12.6. The molecule has 1 aliphatic rings. The smallest absolute Gasteiger partial charge is 0.307 e. The lowest BCUT2D eigenvalue weighted by atomic mass is 10.1. The van der Waals surface area contributed by atoms with Crippen LogP contribution in [0.25, 0.3) is 6.08 Å². The van der Waals surface area contributed by atoms with Gasteiger partial charge in [-0.1, -0.05) is 42.2 Å². The van der Waals surface area contributed by atoms with E-state index in [1.807, 2.05) is 6.07 Å². The first-order valence-electron chi connectivity index (χ1n) is 7.03. The Bertz CT molecular complexity index is 833. The van der Waals surface area contributed by atoms with Gasteiger partial charge in [0.2, 0.25) is 0 Å². The molecule has 24 heavy (non-hydrogen) atoms. The number of aromatic nitrogens is 1. The largest absolute Gasteiger partial charge is 0.481 e. The molecule has 1 aliphatic heterocycles. The fourth-order valence-electron chi connectivity index (χ4n) is 2.24. The molecule has 0 bridgehead atoms. The van der Waals surface area contributed by atoms with Gasteiger partial charge in [0.15, 0.2) is 4.32 Å². The number of thioether (sulfide) groups is 1. The number of carboxylic acids is 1. The molecule has 2 aromatic rings. The number of benzene rings is 1. The molecule has 7 heteroatoms. The molecule has 1 N–H and O–H groups in total. The van der Waals surface area contributed by atoms with Crippen LogP contribution < -0.4 is 4.90 Å². The highest BCUT2D eigenvalue weighted by Crippen LogP contribution is 2.35. The summed E-state index contributed by atoms with van der Waals surface area (Å²) < 4.78 is 0.445. The maximum Gasteiger partial charge on any atom is 0.307 e. The summed E-state index contributed by atoms with van der Waals surface area (Å²) in [4.78, 5) is 29.4. The number of aliphatic carboxylic acids is 1. The molecular weight excluding hydrogens is 344 g/mol. The molecule has 2 heterocycles. The van der Waals surface area contributed by atoms with Gasteiger partial charge in [0, 0.05) is 12.4 Å². The van der Waals surface area contributed by atoms with E-state index < -0.39 is 5.97 Å². The highest BCUT2D eigenvalue weighted by Gasteiger charge is 2.33. The number of thiocarbonyl (C=S) groups is 1. The highest BCUT2D eigenvalue weighted by atomic mass is 32.2. The van der Waals surface area contributed by atoms with Crippen molar-refractivity contribution in [2.75, 3.05) is 4.90 Å². The second-order valence-corrected chi connectivity index (χ2v) is 6.72. The number of carbonyl (C=O) groups is 2. The normalized spacial score (nSPS) is 16.0. The van der Waals surface area contributed by atoms with Crippen molar-refractivity contribution in [3.63, 3.8) is 0 Å². The van der Waals surface area contributed by atoms with Crippen molar-refractivity contribution in [2.24, 2.45) is 0 Å². The standard InChI is InChI=1S/C17H12N2O3S2/c20-15(21)9-11-3-5-13(6-4-11)19-16(22)14(24-17(19)23)8-12-2-1-7-18-10-12/h1-8,10H,9H2,(H,20,21)/b14-8-. The number of carboxylic acid groups (broad SMARTS) is 1. The van der Waals surface area contributed by atoms with Crippen LogP contribution in [-0.2, 0) is 16.0 Å². The van der Waals surface area contributed by atoms with E-state index in [1.54, 1.807) is 48.8 Å². The quantitative estimate of drug-likeness (QED) is 0.670. The Morgan fingerprint density at radius 3 is 2.67 bits per heavy atom. The second kappa shape index (κ2) is 6.94. The van der Waals surface area contributed by atoms with Gasteiger partial charge in [-0.15, -0.1) is 0 Å². The van der Waals surface area contributed by atoms with Crippen LogP contribution in [0.3, 0.4) is 0 Å². The summed E-state index contributed by atoms with van der Waals surface area (Å²) in [6, 6.07) is 10.4. The van der Waals surface area contributed by atoms with Gasteiger partial charge in [-0.2, -0.15) is 0 Å². The van der Waals surface area contributed by atoms with Crippen LogP contribution in [0, 0.1) is 0 Å². The summed E-state index contributed by atoms with van der Waals surface area (Å²) in [7, 11) is 0. The lowest BCUT2D eigenvalue weighted by molar-refractivity contribution is -0.136. The van der Waals surface area contributed by atoms with Gasteiger partial charge in [0.25, 0.3) is 5.91 Å². The molecule has 0 saturated carbocycles. The number of hydrogen-bond donors (Lipinski definition) is 1. The van der Waals surface area contributed by atoms with Crippen LogP contribution in [0.2, 0.25) is 0 Å². The zero-order chi connectivity index (χ0) is 17.1. The third kappa shape index (κ3) is 3.52. The number of hydrogen-bond acceptors (Lipinski definition) is 5. The molecule has 1 fully saturated rings. The molecule has 0 aliphatic carbocycles. The van der Waals surface area contributed by atoms with Crippen molar-refractivity contribution in [3.05, 3.63) is 64.8 Å². The molecule has 1 saturated heterocycles. The highest BCUT2D eigenvalue weighted by molar-refractivity contribution is 8.27. The van der Waals surface area contributed by atoms with Gasteiger partial charge in [-0.3, -0.25) is 19.5 Å². The first-order chi connectivity index (χ1) is 11.5. The van der Waals surface area contributed by atoms with Crippen LogP contribution in [-0.4, -0.2) is 26.3 Å². The molecule has 0 atom stereocenters. The molecule has 1 amide bonds. The van der Waals surface area contributed by atoms with E-state index in [0.29, 0.717) is 20.5 Å².